The summed E-state index contributed by atoms with van der Waals surface area (Å²) in [5.41, 5.74) is 8.11. The number of aromatic nitrogens is 2. The molecule has 110 valence electrons. The van der Waals surface area contributed by atoms with Gasteiger partial charge in [0.15, 0.2) is 5.96 Å². The molecule has 1 aliphatic rings. The van der Waals surface area contributed by atoms with Gasteiger partial charge >= 0.3 is 0 Å². The molecular formula is C15H19N5O. The highest BCUT2D eigenvalue weighted by Gasteiger charge is 2.28. The van der Waals surface area contributed by atoms with E-state index in [0.29, 0.717) is 19.1 Å². The molecule has 0 fully saturated rings. The Labute approximate surface area is 123 Å². The standard InChI is InChI=1S/C15H19N5O/c1-21-8-7-19-14(10-17-15(19)16)12-9-18-20(11-12)13-5-3-2-4-6-13/h2-6,9,11,14H,7-8,10H2,1H3,(H2,16,17). The Morgan fingerprint density at radius 3 is 2.90 bits per heavy atom. The van der Waals surface area contributed by atoms with Crippen molar-refractivity contribution in [1.82, 2.24) is 14.7 Å². The van der Waals surface area contributed by atoms with Gasteiger partial charge in [-0.15, -0.1) is 0 Å². The van der Waals surface area contributed by atoms with Gasteiger partial charge in [-0.1, -0.05) is 18.2 Å². The summed E-state index contributed by atoms with van der Waals surface area (Å²) >= 11 is 0. The zero-order valence-corrected chi connectivity index (χ0v) is 12.0. The summed E-state index contributed by atoms with van der Waals surface area (Å²) in [6, 6.07) is 10.2. The Hall–Kier alpha value is -2.34. The third kappa shape index (κ3) is 2.75. The molecule has 6 heteroatoms. The number of hydrogen-bond acceptors (Lipinski definition) is 5. The second kappa shape index (κ2) is 5.97. The molecule has 2 N–H and O–H groups in total. The lowest BCUT2D eigenvalue weighted by Gasteiger charge is -2.24. The van der Waals surface area contributed by atoms with Crippen molar-refractivity contribution < 1.29 is 4.74 Å². The number of aliphatic imine (C=N–C) groups is 1. The van der Waals surface area contributed by atoms with E-state index < -0.39 is 0 Å². The van der Waals surface area contributed by atoms with Crippen LogP contribution in [0.3, 0.4) is 0 Å². The van der Waals surface area contributed by atoms with Gasteiger partial charge in [0.05, 0.1) is 31.1 Å². The maximum atomic E-state index is 5.96. The highest BCUT2D eigenvalue weighted by Crippen LogP contribution is 2.25. The van der Waals surface area contributed by atoms with Crippen LogP contribution in [0, 0.1) is 0 Å². The number of nitrogens with zero attached hydrogens (tertiary/aromatic N) is 4. The number of rotatable bonds is 5. The lowest BCUT2D eigenvalue weighted by molar-refractivity contribution is 0.166. The molecule has 21 heavy (non-hydrogen) atoms. The Morgan fingerprint density at radius 1 is 1.33 bits per heavy atom. The van der Waals surface area contributed by atoms with Crippen LogP contribution in [-0.4, -0.2) is 47.4 Å². The molecular weight excluding hydrogens is 266 g/mol. The fourth-order valence-corrected chi connectivity index (χ4v) is 2.51. The van der Waals surface area contributed by atoms with Crippen LogP contribution in [0.15, 0.2) is 47.7 Å². The van der Waals surface area contributed by atoms with Crippen LogP contribution in [-0.2, 0) is 4.74 Å². The van der Waals surface area contributed by atoms with Crippen LogP contribution >= 0.6 is 0 Å². The van der Waals surface area contributed by atoms with E-state index in [-0.39, 0.29) is 6.04 Å². The van der Waals surface area contributed by atoms with Crippen LogP contribution in [0.2, 0.25) is 0 Å². The molecule has 1 aliphatic heterocycles. The van der Waals surface area contributed by atoms with Crippen molar-refractivity contribution in [2.75, 3.05) is 26.8 Å². The largest absolute Gasteiger partial charge is 0.383 e. The summed E-state index contributed by atoms with van der Waals surface area (Å²) in [6.07, 6.45) is 3.92. The van der Waals surface area contributed by atoms with Crippen LogP contribution in [0.4, 0.5) is 0 Å². The van der Waals surface area contributed by atoms with Gasteiger partial charge < -0.3 is 15.4 Å². The summed E-state index contributed by atoms with van der Waals surface area (Å²) in [7, 11) is 1.69. The number of ether oxygens (including phenoxy) is 1. The lowest BCUT2D eigenvalue weighted by Crippen LogP contribution is -2.38. The molecule has 0 radical (unpaired) electrons. The molecule has 0 spiro atoms. The van der Waals surface area contributed by atoms with E-state index in [1.54, 1.807) is 7.11 Å². The fraction of sp³-hybridized carbons (Fsp3) is 0.333. The maximum absolute atomic E-state index is 5.96. The number of para-hydroxylation sites is 1. The first kappa shape index (κ1) is 13.6. The highest BCUT2D eigenvalue weighted by molar-refractivity contribution is 5.80. The predicted octanol–water partition coefficient (Wildman–Crippen LogP) is 1.19. The molecule has 1 unspecified atom stereocenters. The first-order valence-electron chi connectivity index (χ1n) is 6.95. The average molecular weight is 285 g/mol. The summed E-state index contributed by atoms with van der Waals surface area (Å²) in [6.45, 7) is 2.02. The Balaban J connectivity index is 1.80. The average Bonchev–Trinajstić information content (AvgIpc) is 3.13. The monoisotopic (exact) mass is 285 g/mol. The van der Waals surface area contributed by atoms with E-state index in [4.69, 9.17) is 10.5 Å². The Bertz CT molecular complexity index is 622. The first-order valence-corrected chi connectivity index (χ1v) is 6.95. The third-order valence-corrected chi connectivity index (χ3v) is 3.64. The van der Waals surface area contributed by atoms with Gasteiger partial charge in [0.2, 0.25) is 0 Å². The number of hydrogen-bond donors (Lipinski definition) is 1. The van der Waals surface area contributed by atoms with Crippen molar-refractivity contribution in [2.45, 2.75) is 6.04 Å². The third-order valence-electron chi connectivity index (χ3n) is 3.64. The van der Waals surface area contributed by atoms with Crippen molar-refractivity contribution in [2.24, 2.45) is 10.7 Å². The zero-order chi connectivity index (χ0) is 14.7. The van der Waals surface area contributed by atoms with E-state index in [1.807, 2.05) is 47.4 Å². The molecule has 1 aromatic carbocycles. The minimum absolute atomic E-state index is 0.137. The summed E-state index contributed by atoms with van der Waals surface area (Å²) in [5, 5.41) is 4.44. The van der Waals surface area contributed by atoms with E-state index in [9.17, 15) is 0 Å². The van der Waals surface area contributed by atoms with Gasteiger partial charge in [0, 0.05) is 25.4 Å². The van der Waals surface area contributed by atoms with Gasteiger partial charge in [0.25, 0.3) is 0 Å². The van der Waals surface area contributed by atoms with Gasteiger partial charge in [-0.25, -0.2) is 4.68 Å². The smallest absolute Gasteiger partial charge is 0.192 e. The summed E-state index contributed by atoms with van der Waals surface area (Å²) in [5.74, 6) is 0.574. The van der Waals surface area contributed by atoms with E-state index in [2.05, 4.69) is 15.0 Å². The maximum Gasteiger partial charge on any atom is 0.192 e. The number of nitrogens with two attached hydrogens (primary N) is 1. The molecule has 6 nitrogen and oxygen atoms in total. The number of methoxy groups -OCH3 is 1. The summed E-state index contributed by atoms with van der Waals surface area (Å²) < 4.78 is 7.01. The zero-order valence-electron chi connectivity index (χ0n) is 12.0. The molecule has 0 amide bonds. The molecule has 0 bridgehead atoms. The van der Waals surface area contributed by atoms with Crippen LogP contribution in [0.25, 0.3) is 5.69 Å². The topological polar surface area (TPSA) is 68.7 Å². The normalized spacial score (nSPS) is 18.0. The van der Waals surface area contributed by atoms with Gasteiger partial charge in [-0.3, -0.25) is 4.99 Å². The first-order chi connectivity index (χ1) is 10.3. The molecule has 2 aromatic rings. The van der Waals surface area contributed by atoms with Crippen LogP contribution in [0.5, 0.6) is 0 Å². The molecule has 0 aliphatic carbocycles. The molecule has 2 heterocycles. The van der Waals surface area contributed by atoms with Gasteiger partial charge in [-0.2, -0.15) is 5.10 Å². The predicted molar refractivity (Wildman–Crippen MR) is 81.4 cm³/mol. The van der Waals surface area contributed by atoms with Gasteiger partial charge in [0.1, 0.15) is 0 Å². The van der Waals surface area contributed by atoms with Crippen molar-refractivity contribution in [1.29, 1.82) is 0 Å². The Morgan fingerprint density at radius 2 is 2.14 bits per heavy atom. The van der Waals surface area contributed by atoms with Crippen molar-refractivity contribution >= 4 is 5.96 Å². The molecule has 3 rings (SSSR count). The quantitative estimate of drug-likeness (QED) is 0.896. The van der Waals surface area contributed by atoms with Crippen LogP contribution in [0.1, 0.15) is 11.6 Å². The SMILES string of the molecule is COCCN1C(N)=NCC1c1cnn(-c2ccccc2)c1. The molecule has 0 saturated heterocycles. The van der Waals surface area contributed by atoms with Crippen molar-refractivity contribution in [3.63, 3.8) is 0 Å². The number of guanidine groups is 1. The van der Waals surface area contributed by atoms with E-state index >= 15 is 0 Å². The van der Waals surface area contributed by atoms with E-state index in [1.165, 1.54) is 0 Å². The fourth-order valence-electron chi connectivity index (χ4n) is 2.51. The molecule has 1 atom stereocenters. The van der Waals surface area contributed by atoms with Gasteiger partial charge in [-0.05, 0) is 12.1 Å². The second-order valence-electron chi connectivity index (χ2n) is 4.95. The van der Waals surface area contributed by atoms with E-state index in [0.717, 1.165) is 17.8 Å². The highest BCUT2D eigenvalue weighted by atomic mass is 16.5. The minimum Gasteiger partial charge on any atom is -0.383 e. The lowest BCUT2D eigenvalue weighted by atomic mass is 10.1. The summed E-state index contributed by atoms with van der Waals surface area (Å²) in [4.78, 5) is 6.40. The molecule has 1 aromatic heterocycles. The molecule has 0 saturated carbocycles. The minimum atomic E-state index is 0.137. The Kier molecular flexibility index (Phi) is 3.87. The van der Waals surface area contributed by atoms with Crippen LogP contribution < -0.4 is 5.73 Å². The van der Waals surface area contributed by atoms with Crippen molar-refractivity contribution in [3.8, 4) is 5.69 Å². The number of benzene rings is 1. The second-order valence-corrected chi connectivity index (χ2v) is 4.95. The van der Waals surface area contributed by atoms with Crippen molar-refractivity contribution in [3.05, 3.63) is 48.3 Å².